The van der Waals surface area contributed by atoms with Crippen molar-refractivity contribution in [3.8, 4) is 0 Å². The van der Waals surface area contributed by atoms with Gasteiger partial charge in [-0.25, -0.2) is 0 Å². The zero-order valence-electron chi connectivity index (χ0n) is 12.4. The van der Waals surface area contributed by atoms with E-state index in [1.165, 1.54) is 16.7 Å². The van der Waals surface area contributed by atoms with Gasteiger partial charge in [0.25, 0.3) is 0 Å². The Morgan fingerprint density at radius 2 is 1.75 bits per heavy atom. The maximum Gasteiger partial charge on any atom is 0.228 e. The number of amides is 1. The molecule has 0 saturated carbocycles. The lowest BCUT2D eigenvalue weighted by Gasteiger charge is -2.08. The van der Waals surface area contributed by atoms with E-state index in [9.17, 15) is 4.79 Å². The molecule has 0 spiro atoms. The fourth-order valence-electron chi connectivity index (χ4n) is 2.25. The van der Waals surface area contributed by atoms with Gasteiger partial charge in [0, 0.05) is 5.69 Å². The Balaban J connectivity index is 2.01. The molecule has 0 bridgehead atoms. The third-order valence-corrected chi connectivity index (χ3v) is 3.50. The van der Waals surface area contributed by atoms with Crippen LogP contribution in [0.5, 0.6) is 0 Å². The van der Waals surface area contributed by atoms with Crippen molar-refractivity contribution in [2.24, 2.45) is 0 Å². The van der Waals surface area contributed by atoms with Gasteiger partial charge in [-0.15, -0.1) is 0 Å². The van der Waals surface area contributed by atoms with E-state index < -0.39 is 0 Å². The van der Waals surface area contributed by atoms with Crippen LogP contribution in [0.25, 0.3) is 0 Å². The molecule has 104 valence electrons. The molecule has 2 aromatic carbocycles. The zero-order valence-corrected chi connectivity index (χ0v) is 12.4. The monoisotopic (exact) mass is 267 g/mol. The van der Waals surface area contributed by atoms with E-state index >= 15 is 0 Å². The van der Waals surface area contributed by atoms with Crippen molar-refractivity contribution in [2.75, 3.05) is 5.32 Å². The second-order valence-corrected chi connectivity index (χ2v) is 5.21. The summed E-state index contributed by atoms with van der Waals surface area (Å²) in [6, 6.07) is 14.2. The Bertz CT molecular complexity index is 599. The molecule has 0 aliphatic carbocycles. The van der Waals surface area contributed by atoms with E-state index in [4.69, 9.17) is 0 Å². The Kier molecular flexibility index (Phi) is 4.57. The van der Waals surface area contributed by atoms with Crippen LogP contribution in [-0.2, 0) is 17.6 Å². The molecule has 0 aliphatic heterocycles. The highest BCUT2D eigenvalue weighted by Gasteiger charge is 2.06. The van der Waals surface area contributed by atoms with Crippen LogP contribution in [0.15, 0.2) is 42.5 Å². The number of aryl methyl sites for hydroxylation is 3. The molecule has 0 radical (unpaired) electrons. The summed E-state index contributed by atoms with van der Waals surface area (Å²) in [5, 5.41) is 2.94. The Morgan fingerprint density at radius 3 is 2.35 bits per heavy atom. The van der Waals surface area contributed by atoms with Crippen LogP contribution in [0.4, 0.5) is 5.69 Å². The molecule has 2 nitrogen and oxygen atoms in total. The number of hydrogen-bond donors (Lipinski definition) is 1. The van der Waals surface area contributed by atoms with Gasteiger partial charge in [0.1, 0.15) is 0 Å². The molecule has 1 amide bonds. The predicted octanol–water partition coefficient (Wildman–Crippen LogP) is 4.05. The van der Waals surface area contributed by atoms with Gasteiger partial charge in [-0.2, -0.15) is 0 Å². The summed E-state index contributed by atoms with van der Waals surface area (Å²) < 4.78 is 0. The molecule has 2 heteroatoms. The van der Waals surface area contributed by atoms with Gasteiger partial charge in [0.15, 0.2) is 0 Å². The topological polar surface area (TPSA) is 29.1 Å². The van der Waals surface area contributed by atoms with Crippen molar-refractivity contribution in [3.05, 3.63) is 64.7 Å². The van der Waals surface area contributed by atoms with Crippen molar-refractivity contribution in [1.82, 2.24) is 0 Å². The molecule has 20 heavy (non-hydrogen) atoms. The van der Waals surface area contributed by atoms with Crippen LogP contribution in [-0.4, -0.2) is 5.91 Å². The average Bonchev–Trinajstić information content (AvgIpc) is 2.43. The van der Waals surface area contributed by atoms with Gasteiger partial charge in [-0.3, -0.25) is 4.79 Å². The first-order valence-electron chi connectivity index (χ1n) is 7.03. The van der Waals surface area contributed by atoms with Gasteiger partial charge in [-0.05, 0) is 49.1 Å². The number of carbonyl (C=O) groups excluding carboxylic acids is 1. The van der Waals surface area contributed by atoms with Gasteiger partial charge in [0.2, 0.25) is 5.91 Å². The van der Waals surface area contributed by atoms with E-state index in [0.29, 0.717) is 6.42 Å². The smallest absolute Gasteiger partial charge is 0.228 e. The summed E-state index contributed by atoms with van der Waals surface area (Å²) in [6.45, 7) is 6.23. The fraction of sp³-hybridized carbons (Fsp3) is 0.278. The first-order valence-corrected chi connectivity index (χ1v) is 7.03. The lowest BCUT2D eigenvalue weighted by molar-refractivity contribution is -0.115. The maximum atomic E-state index is 12.1. The van der Waals surface area contributed by atoms with Crippen molar-refractivity contribution < 1.29 is 4.79 Å². The summed E-state index contributed by atoms with van der Waals surface area (Å²) in [7, 11) is 0. The highest BCUT2D eigenvalue weighted by atomic mass is 16.1. The molecule has 1 N–H and O–H groups in total. The number of rotatable bonds is 4. The van der Waals surface area contributed by atoms with Gasteiger partial charge in [-0.1, -0.05) is 42.8 Å². The molecule has 0 atom stereocenters. The van der Waals surface area contributed by atoms with Gasteiger partial charge < -0.3 is 5.32 Å². The van der Waals surface area contributed by atoms with Crippen LogP contribution >= 0.6 is 0 Å². The van der Waals surface area contributed by atoms with E-state index in [-0.39, 0.29) is 5.91 Å². The highest BCUT2D eigenvalue weighted by molar-refractivity contribution is 5.92. The number of benzene rings is 2. The fourth-order valence-corrected chi connectivity index (χ4v) is 2.25. The van der Waals surface area contributed by atoms with Crippen molar-refractivity contribution in [2.45, 2.75) is 33.6 Å². The number of carbonyl (C=O) groups is 1. The van der Waals surface area contributed by atoms with E-state index in [1.54, 1.807) is 0 Å². The molecular formula is C18H21NO. The minimum atomic E-state index is 0.0289. The van der Waals surface area contributed by atoms with Crippen LogP contribution in [0.3, 0.4) is 0 Å². The summed E-state index contributed by atoms with van der Waals surface area (Å²) >= 11 is 0. The van der Waals surface area contributed by atoms with Crippen LogP contribution in [0.1, 0.15) is 29.2 Å². The van der Waals surface area contributed by atoms with Crippen LogP contribution < -0.4 is 5.32 Å². The minimum absolute atomic E-state index is 0.0289. The van der Waals surface area contributed by atoms with Crippen molar-refractivity contribution in [3.63, 3.8) is 0 Å². The van der Waals surface area contributed by atoms with Crippen molar-refractivity contribution in [1.29, 1.82) is 0 Å². The lowest BCUT2D eigenvalue weighted by atomic mass is 10.0. The number of hydrogen-bond acceptors (Lipinski definition) is 1. The second-order valence-electron chi connectivity index (χ2n) is 5.21. The number of nitrogens with one attached hydrogen (secondary N) is 1. The highest BCUT2D eigenvalue weighted by Crippen LogP contribution is 2.14. The van der Waals surface area contributed by atoms with Crippen LogP contribution in [0, 0.1) is 13.8 Å². The predicted molar refractivity (Wildman–Crippen MR) is 84.1 cm³/mol. The largest absolute Gasteiger partial charge is 0.326 e. The third kappa shape index (κ3) is 3.70. The molecular weight excluding hydrogens is 246 g/mol. The summed E-state index contributed by atoms with van der Waals surface area (Å²) in [5.41, 5.74) is 5.61. The summed E-state index contributed by atoms with van der Waals surface area (Å²) in [6.07, 6.45) is 1.43. The normalized spacial score (nSPS) is 10.3. The van der Waals surface area contributed by atoms with Gasteiger partial charge in [0.05, 0.1) is 6.42 Å². The Morgan fingerprint density at radius 1 is 1.05 bits per heavy atom. The van der Waals surface area contributed by atoms with Crippen LogP contribution in [0.2, 0.25) is 0 Å². The van der Waals surface area contributed by atoms with E-state index in [0.717, 1.165) is 17.7 Å². The quantitative estimate of drug-likeness (QED) is 0.889. The third-order valence-electron chi connectivity index (χ3n) is 3.50. The second kappa shape index (κ2) is 6.38. The molecule has 0 fully saturated rings. The maximum absolute atomic E-state index is 12.1. The molecule has 0 saturated heterocycles. The first kappa shape index (κ1) is 14.3. The molecule has 0 aromatic heterocycles. The Labute approximate surface area is 120 Å². The number of anilines is 1. The zero-order chi connectivity index (χ0) is 14.5. The van der Waals surface area contributed by atoms with Gasteiger partial charge >= 0.3 is 0 Å². The average molecular weight is 267 g/mol. The van der Waals surface area contributed by atoms with E-state index in [2.05, 4.69) is 25.2 Å². The minimum Gasteiger partial charge on any atom is -0.326 e. The molecule has 0 aliphatic rings. The molecule has 0 heterocycles. The molecule has 0 unspecified atom stereocenters. The van der Waals surface area contributed by atoms with Crippen molar-refractivity contribution >= 4 is 11.6 Å². The van der Waals surface area contributed by atoms with E-state index in [1.807, 2.05) is 43.3 Å². The first-order chi connectivity index (χ1) is 9.58. The molecule has 2 aromatic rings. The molecule has 2 rings (SSSR count). The summed E-state index contributed by atoms with van der Waals surface area (Å²) in [5.74, 6) is 0.0289. The Hall–Kier alpha value is -2.09. The lowest BCUT2D eigenvalue weighted by Crippen LogP contribution is -2.15. The summed E-state index contributed by atoms with van der Waals surface area (Å²) in [4.78, 5) is 12.1. The standard InChI is InChI=1S/C18H21NO/c1-4-15-6-9-17(10-7-15)19-18(20)12-16-8-5-13(2)11-14(16)3/h5-11H,4,12H2,1-3H3,(H,19,20). The SMILES string of the molecule is CCc1ccc(NC(=O)Cc2ccc(C)cc2C)cc1.